The molecule has 0 amide bonds. The van der Waals surface area contributed by atoms with Gasteiger partial charge in [0, 0.05) is 28.0 Å². The number of nitrogens with zero attached hydrogens (tertiary/aromatic N) is 3. The van der Waals surface area contributed by atoms with Gasteiger partial charge in [-0.05, 0) is 121 Å². The maximum atomic E-state index is 5.42. The van der Waals surface area contributed by atoms with E-state index in [2.05, 4.69) is 216 Å². The fourth-order valence-electron chi connectivity index (χ4n) is 13.0. The molecule has 312 valence electrons. The molecule has 0 radical (unpaired) electrons. The highest BCUT2D eigenvalue weighted by molar-refractivity contribution is 6.00. The standard InChI is InChI=1S/C63H45N3/c1-5-17-42-37(2)62(51-24-13-15-26-53(51)63(54-27-16-14-25-52(54)62)50-23-12-10-21-44(50)47-33-28-39-34-48(39)57(47)63)56-36-41(29-31-45(42)56)60-65-58(38-18-7-6-8-19-38)64-59(66-60)40-30-32-46-43-20-9-11-22-49(43)61(3,4)55(46)35-40/h5-36,39H,1-4H3/b17-5-/t39-,62?,63?/m1/s1. The number of allylic oxidation sites excluding steroid dienone is 10. The summed E-state index contributed by atoms with van der Waals surface area (Å²) in [5.41, 5.74) is 24.4. The second-order valence-corrected chi connectivity index (χ2v) is 19.3. The van der Waals surface area contributed by atoms with Crippen LogP contribution in [-0.4, -0.2) is 15.0 Å². The van der Waals surface area contributed by atoms with Crippen molar-refractivity contribution in [2.75, 3.05) is 0 Å². The lowest BCUT2D eigenvalue weighted by atomic mass is 9.51. The van der Waals surface area contributed by atoms with E-state index in [-0.39, 0.29) is 5.41 Å². The molecule has 6 aliphatic carbocycles. The number of rotatable bonds is 4. The van der Waals surface area contributed by atoms with E-state index in [4.69, 9.17) is 15.0 Å². The van der Waals surface area contributed by atoms with Crippen molar-refractivity contribution in [3.63, 3.8) is 0 Å². The molecule has 14 rings (SSSR count). The lowest BCUT2D eigenvalue weighted by Crippen LogP contribution is -2.44. The van der Waals surface area contributed by atoms with Crippen molar-refractivity contribution in [2.45, 2.75) is 43.9 Å². The van der Waals surface area contributed by atoms with Gasteiger partial charge in [-0.25, -0.2) is 15.0 Å². The molecule has 0 aliphatic heterocycles. The quantitative estimate of drug-likeness (QED) is 0.177. The molecule has 0 N–H and O–H groups in total. The Kier molecular flexibility index (Phi) is 7.51. The first-order valence-corrected chi connectivity index (χ1v) is 23.4. The van der Waals surface area contributed by atoms with E-state index in [1.165, 1.54) is 94.6 Å². The van der Waals surface area contributed by atoms with Gasteiger partial charge in [-0.3, -0.25) is 0 Å². The maximum Gasteiger partial charge on any atom is 0.164 e. The molecular formula is C63H45N3. The number of hydrogen-bond acceptors (Lipinski definition) is 3. The van der Waals surface area contributed by atoms with Crippen molar-refractivity contribution in [2.24, 2.45) is 5.92 Å². The third-order valence-corrected chi connectivity index (χ3v) is 15.9. The molecule has 2 spiro atoms. The van der Waals surface area contributed by atoms with Crippen molar-refractivity contribution in [3.05, 3.63) is 267 Å². The van der Waals surface area contributed by atoms with Gasteiger partial charge >= 0.3 is 0 Å². The molecule has 66 heavy (non-hydrogen) atoms. The van der Waals surface area contributed by atoms with Crippen LogP contribution in [0, 0.1) is 5.92 Å². The van der Waals surface area contributed by atoms with Crippen LogP contribution in [0.25, 0.3) is 56.4 Å². The normalized spacial score (nSPS) is 21.6. The molecule has 8 aromatic rings. The summed E-state index contributed by atoms with van der Waals surface area (Å²) in [7, 11) is 0. The second-order valence-electron chi connectivity index (χ2n) is 19.3. The fourth-order valence-corrected chi connectivity index (χ4v) is 13.0. The fraction of sp³-hybridized carbons (Fsp3) is 0.127. The molecule has 1 atom stereocenters. The summed E-state index contributed by atoms with van der Waals surface area (Å²) in [5, 5.41) is 0. The van der Waals surface area contributed by atoms with Crippen LogP contribution in [0.2, 0.25) is 0 Å². The third kappa shape index (κ3) is 4.65. The van der Waals surface area contributed by atoms with Crippen molar-refractivity contribution in [3.8, 4) is 45.3 Å². The first-order valence-electron chi connectivity index (χ1n) is 23.4. The Morgan fingerprint density at radius 3 is 1.64 bits per heavy atom. The zero-order valence-corrected chi connectivity index (χ0v) is 37.4. The monoisotopic (exact) mass is 843 g/mol. The number of hydrogen-bond donors (Lipinski definition) is 0. The molecular weight excluding hydrogens is 799 g/mol. The average molecular weight is 844 g/mol. The molecule has 1 aromatic heterocycles. The molecule has 1 heterocycles. The van der Waals surface area contributed by atoms with Gasteiger partial charge in [0.05, 0.1) is 10.8 Å². The van der Waals surface area contributed by atoms with Crippen LogP contribution in [0.15, 0.2) is 211 Å². The van der Waals surface area contributed by atoms with Crippen LogP contribution in [-0.2, 0) is 16.2 Å². The second kappa shape index (κ2) is 13.2. The van der Waals surface area contributed by atoms with Crippen molar-refractivity contribution in [1.82, 2.24) is 15.0 Å². The maximum absolute atomic E-state index is 5.42. The van der Waals surface area contributed by atoms with Crippen LogP contribution in [0.1, 0.15) is 83.3 Å². The van der Waals surface area contributed by atoms with Gasteiger partial charge in [-0.15, -0.1) is 0 Å². The summed E-state index contributed by atoms with van der Waals surface area (Å²) in [6.45, 7) is 9.15. The first-order chi connectivity index (χ1) is 32.3. The highest BCUT2D eigenvalue weighted by Crippen LogP contribution is 2.69. The van der Waals surface area contributed by atoms with Crippen molar-refractivity contribution in [1.29, 1.82) is 0 Å². The minimum Gasteiger partial charge on any atom is -0.208 e. The molecule has 0 fully saturated rings. The van der Waals surface area contributed by atoms with Crippen LogP contribution in [0.4, 0.5) is 0 Å². The van der Waals surface area contributed by atoms with Gasteiger partial charge in [0.2, 0.25) is 0 Å². The predicted molar refractivity (Wildman–Crippen MR) is 268 cm³/mol. The number of benzene rings is 7. The van der Waals surface area contributed by atoms with Gasteiger partial charge in [0.25, 0.3) is 0 Å². The molecule has 0 bridgehead atoms. The lowest BCUT2D eigenvalue weighted by molar-refractivity contribution is 0.617. The Labute approximate surface area is 386 Å². The predicted octanol–water partition coefficient (Wildman–Crippen LogP) is 14.4. The first kappa shape index (κ1) is 37.6. The van der Waals surface area contributed by atoms with Gasteiger partial charge in [-0.2, -0.15) is 0 Å². The highest BCUT2D eigenvalue weighted by Gasteiger charge is 2.61. The Morgan fingerprint density at radius 2 is 0.985 bits per heavy atom. The Hall–Kier alpha value is -7.75. The molecule has 3 nitrogen and oxygen atoms in total. The summed E-state index contributed by atoms with van der Waals surface area (Å²) >= 11 is 0. The van der Waals surface area contributed by atoms with Crippen LogP contribution < -0.4 is 0 Å². The Morgan fingerprint density at radius 1 is 0.470 bits per heavy atom. The minimum atomic E-state index is -0.586. The van der Waals surface area contributed by atoms with E-state index in [9.17, 15) is 0 Å². The van der Waals surface area contributed by atoms with E-state index < -0.39 is 10.8 Å². The summed E-state index contributed by atoms with van der Waals surface area (Å²) in [6.07, 6.45) is 11.8. The zero-order chi connectivity index (χ0) is 44.1. The van der Waals surface area contributed by atoms with E-state index in [0.29, 0.717) is 23.4 Å². The van der Waals surface area contributed by atoms with Crippen molar-refractivity contribution < 1.29 is 0 Å². The molecule has 6 aliphatic rings. The molecule has 3 heteroatoms. The van der Waals surface area contributed by atoms with Gasteiger partial charge < -0.3 is 0 Å². The topological polar surface area (TPSA) is 38.7 Å². The summed E-state index contributed by atoms with van der Waals surface area (Å²) < 4.78 is 0. The highest BCUT2D eigenvalue weighted by atomic mass is 15.0. The average Bonchev–Trinajstić information content (AvgIpc) is 3.99. The molecule has 0 saturated carbocycles. The smallest absolute Gasteiger partial charge is 0.164 e. The minimum absolute atomic E-state index is 0.154. The summed E-state index contributed by atoms with van der Waals surface area (Å²) in [6, 6.07) is 60.8. The van der Waals surface area contributed by atoms with E-state index in [1.807, 2.05) is 6.07 Å². The third-order valence-electron chi connectivity index (χ3n) is 15.9. The van der Waals surface area contributed by atoms with Gasteiger partial charge in [0.1, 0.15) is 0 Å². The van der Waals surface area contributed by atoms with Crippen LogP contribution >= 0.6 is 0 Å². The van der Waals surface area contributed by atoms with Crippen LogP contribution in [0.5, 0.6) is 0 Å². The summed E-state index contributed by atoms with van der Waals surface area (Å²) in [5.74, 6) is 2.38. The summed E-state index contributed by atoms with van der Waals surface area (Å²) in [4.78, 5) is 16.0. The zero-order valence-electron chi connectivity index (χ0n) is 37.4. The Balaban J connectivity index is 1.01. The van der Waals surface area contributed by atoms with Gasteiger partial charge in [0.15, 0.2) is 17.5 Å². The largest absolute Gasteiger partial charge is 0.208 e. The SMILES string of the molecule is C/C=C\C1=C(C)C2(c3cc(-c4nc(-c5ccccc5)nc(-c5ccc6c(c5)C(C)(C)c5ccccc5-6)n4)ccc31)c1ccccc1C1(C3=C(C=C[C@@H]4C=C34)c3ccccc31)c1ccccc12. The Bertz CT molecular complexity index is 3600. The van der Waals surface area contributed by atoms with E-state index >= 15 is 0 Å². The number of aromatic nitrogens is 3. The van der Waals surface area contributed by atoms with E-state index in [0.717, 1.165) is 16.7 Å². The number of fused-ring (bicyclic) bond motifs is 17. The molecule has 0 unspecified atom stereocenters. The van der Waals surface area contributed by atoms with Crippen LogP contribution in [0.3, 0.4) is 0 Å². The van der Waals surface area contributed by atoms with E-state index in [1.54, 1.807) is 0 Å². The lowest BCUT2D eigenvalue weighted by Gasteiger charge is -2.50. The van der Waals surface area contributed by atoms with Gasteiger partial charge in [-0.1, -0.05) is 196 Å². The molecule has 0 saturated heterocycles. The molecule has 7 aromatic carbocycles. The van der Waals surface area contributed by atoms with Crippen molar-refractivity contribution >= 4 is 11.1 Å².